The lowest BCUT2D eigenvalue weighted by Gasteiger charge is -2.06. The molecule has 3 rings (SSSR count). The van der Waals surface area contributed by atoms with Gasteiger partial charge in [0.15, 0.2) is 5.13 Å². The van der Waals surface area contributed by atoms with Gasteiger partial charge in [-0.3, -0.25) is 0 Å². The van der Waals surface area contributed by atoms with E-state index in [9.17, 15) is 0 Å². The average Bonchev–Trinajstić information content (AvgIpc) is 2.89. The fraction of sp³-hybridized carbons (Fsp3) is 0.308. The van der Waals surface area contributed by atoms with Crippen LogP contribution in [-0.2, 0) is 6.42 Å². The largest absolute Gasteiger partial charge is 0.375 e. The van der Waals surface area contributed by atoms with E-state index in [1.807, 2.05) is 30.4 Å². The van der Waals surface area contributed by atoms with E-state index in [4.69, 9.17) is 5.73 Å². The smallest absolute Gasteiger partial charge is 0.181 e. The Balaban J connectivity index is 1.62. The van der Waals surface area contributed by atoms with Crippen LogP contribution in [0, 0.1) is 6.92 Å². The molecule has 0 amide bonds. The maximum absolute atomic E-state index is 5.72. The van der Waals surface area contributed by atoms with Crippen molar-refractivity contribution in [3.63, 3.8) is 0 Å². The van der Waals surface area contributed by atoms with Crippen LogP contribution in [0.25, 0.3) is 0 Å². The standard InChI is InChI=1S/C13H14N2S3/c1-8-12(18-13(14)15-8)16-7-10-6-9-4-2-3-5-11(9)17-10/h2-5,10H,6-7H2,1H3,(H2,14,15). The lowest BCUT2D eigenvalue weighted by Crippen LogP contribution is -2.03. The topological polar surface area (TPSA) is 38.9 Å². The number of hydrogen-bond donors (Lipinski definition) is 1. The Hall–Kier alpha value is -0.650. The Kier molecular flexibility index (Phi) is 3.54. The Morgan fingerprint density at radius 3 is 3.00 bits per heavy atom. The molecule has 1 aliphatic heterocycles. The minimum absolute atomic E-state index is 0.676. The molecule has 1 aliphatic rings. The summed E-state index contributed by atoms with van der Waals surface area (Å²) in [6, 6.07) is 8.71. The van der Waals surface area contributed by atoms with Crippen molar-refractivity contribution in [2.45, 2.75) is 27.7 Å². The molecule has 0 aliphatic carbocycles. The molecule has 1 atom stereocenters. The minimum atomic E-state index is 0.676. The fourth-order valence-electron chi connectivity index (χ4n) is 2.05. The summed E-state index contributed by atoms with van der Waals surface area (Å²) in [5, 5.41) is 1.35. The Labute approximate surface area is 119 Å². The van der Waals surface area contributed by atoms with Crippen LogP contribution in [0.3, 0.4) is 0 Å². The molecule has 0 saturated heterocycles. The first-order valence-corrected chi connectivity index (χ1v) is 8.51. The second-order valence-corrected chi connectivity index (χ2v) is 7.95. The molecule has 2 nitrogen and oxygen atoms in total. The number of nitrogen functional groups attached to an aromatic ring is 1. The van der Waals surface area contributed by atoms with Gasteiger partial charge in [0, 0.05) is 15.9 Å². The van der Waals surface area contributed by atoms with E-state index in [-0.39, 0.29) is 0 Å². The summed E-state index contributed by atoms with van der Waals surface area (Å²) in [5.74, 6) is 1.13. The summed E-state index contributed by atoms with van der Waals surface area (Å²) in [5.41, 5.74) is 8.29. The number of nitrogens with two attached hydrogens (primary N) is 1. The van der Waals surface area contributed by atoms with E-state index in [0.29, 0.717) is 10.4 Å². The molecule has 18 heavy (non-hydrogen) atoms. The summed E-state index contributed by atoms with van der Waals surface area (Å²) >= 11 is 5.49. The summed E-state index contributed by atoms with van der Waals surface area (Å²) in [4.78, 5) is 5.71. The van der Waals surface area contributed by atoms with Gasteiger partial charge in [-0.15, -0.1) is 23.5 Å². The number of rotatable bonds is 3. The third-order valence-electron chi connectivity index (χ3n) is 2.88. The molecule has 0 saturated carbocycles. The van der Waals surface area contributed by atoms with E-state index >= 15 is 0 Å². The summed E-state index contributed by atoms with van der Waals surface area (Å²) < 4.78 is 1.27. The number of benzene rings is 1. The average molecular weight is 294 g/mol. The van der Waals surface area contributed by atoms with Crippen LogP contribution in [0.5, 0.6) is 0 Å². The molecular formula is C13H14N2S3. The third kappa shape index (κ3) is 2.53. The normalized spacial score (nSPS) is 17.9. The molecule has 2 aromatic rings. The maximum atomic E-state index is 5.72. The van der Waals surface area contributed by atoms with Crippen LogP contribution in [-0.4, -0.2) is 16.0 Å². The van der Waals surface area contributed by atoms with Gasteiger partial charge in [-0.05, 0) is 25.0 Å². The maximum Gasteiger partial charge on any atom is 0.181 e. The van der Waals surface area contributed by atoms with Crippen molar-refractivity contribution in [1.29, 1.82) is 0 Å². The number of aromatic nitrogens is 1. The zero-order valence-corrected chi connectivity index (χ0v) is 12.5. The second-order valence-electron chi connectivity index (χ2n) is 4.29. The minimum Gasteiger partial charge on any atom is -0.375 e. The molecule has 2 heterocycles. The number of fused-ring (bicyclic) bond motifs is 1. The van der Waals surface area contributed by atoms with Crippen molar-refractivity contribution in [1.82, 2.24) is 4.98 Å². The van der Waals surface area contributed by atoms with Gasteiger partial charge in [-0.1, -0.05) is 29.5 Å². The predicted molar refractivity (Wildman–Crippen MR) is 81.8 cm³/mol. The lowest BCUT2D eigenvalue weighted by molar-refractivity contribution is 0.970. The van der Waals surface area contributed by atoms with Crippen LogP contribution in [0.4, 0.5) is 5.13 Å². The fourth-order valence-corrected chi connectivity index (χ4v) is 5.58. The lowest BCUT2D eigenvalue weighted by atomic mass is 10.1. The predicted octanol–water partition coefficient (Wildman–Crippen LogP) is 3.84. The molecule has 1 aromatic heterocycles. The number of thiazole rings is 1. The molecule has 0 radical (unpaired) electrons. The number of anilines is 1. The van der Waals surface area contributed by atoms with Crippen LogP contribution >= 0.6 is 34.9 Å². The van der Waals surface area contributed by atoms with Crippen molar-refractivity contribution in [2.75, 3.05) is 11.5 Å². The number of nitrogens with zero attached hydrogens (tertiary/aromatic N) is 1. The molecule has 1 aromatic carbocycles. The van der Waals surface area contributed by atoms with Gasteiger partial charge in [-0.25, -0.2) is 4.98 Å². The monoisotopic (exact) mass is 294 g/mol. The summed E-state index contributed by atoms with van der Waals surface area (Å²) in [7, 11) is 0. The van der Waals surface area contributed by atoms with Gasteiger partial charge in [0.1, 0.15) is 0 Å². The number of hydrogen-bond acceptors (Lipinski definition) is 5. The van der Waals surface area contributed by atoms with Crippen LogP contribution in [0.2, 0.25) is 0 Å². The molecular weight excluding hydrogens is 280 g/mol. The van der Waals surface area contributed by atoms with E-state index < -0.39 is 0 Å². The number of thioether (sulfide) groups is 2. The first-order valence-electron chi connectivity index (χ1n) is 5.82. The molecule has 0 fully saturated rings. The van der Waals surface area contributed by atoms with Crippen molar-refractivity contribution >= 4 is 40.0 Å². The SMILES string of the molecule is Cc1nc(N)sc1SCC1Cc2ccccc2S1. The van der Waals surface area contributed by atoms with Crippen molar-refractivity contribution in [3.05, 3.63) is 35.5 Å². The summed E-state index contributed by atoms with van der Waals surface area (Å²) in [6.07, 6.45) is 1.18. The van der Waals surface area contributed by atoms with Crippen LogP contribution in [0.1, 0.15) is 11.3 Å². The van der Waals surface area contributed by atoms with Crippen molar-refractivity contribution in [2.24, 2.45) is 0 Å². The van der Waals surface area contributed by atoms with Gasteiger partial charge >= 0.3 is 0 Å². The van der Waals surface area contributed by atoms with E-state index in [1.54, 1.807) is 11.3 Å². The van der Waals surface area contributed by atoms with E-state index in [1.165, 1.54) is 21.1 Å². The van der Waals surface area contributed by atoms with E-state index in [2.05, 4.69) is 29.2 Å². The first kappa shape index (κ1) is 12.4. The highest BCUT2D eigenvalue weighted by molar-refractivity contribution is 8.04. The Bertz CT molecular complexity index is 540. The Morgan fingerprint density at radius 2 is 2.28 bits per heavy atom. The van der Waals surface area contributed by atoms with Gasteiger partial charge < -0.3 is 5.73 Å². The van der Waals surface area contributed by atoms with Gasteiger partial charge in [0.25, 0.3) is 0 Å². The van der Waals surface area contributed by atoms with Crippen molar-refractivity contribution < 1.29 is 0 Å². The molecule has 2 N–H and O–H groups in total. The highest BCUT2D eigenvalue weighted by Crippen LogP contribution is 2.40. The quantitative estimate of drug-likeness (QED) is 0.873. The van der Waals surface area contributed by atoms with Gasteiger partial charge in [-0.2, -0.15) is 0 Å². The van der Waals surface area contributed by atoms with Gasteiger partial charge in [0.05, 0.1) is 9.90 Å². The zero-order valence-electron chi connectivity index (χ0n) is 10.1. The van der Waals surface area contributed by atoms with Crippen LogP contribution in [0.15, 0.2) is 33.4 Å². The second kappa shape index (κ2) is 5.15. The molecule has 0 spiro atoms. The van der Waals surface area contributed by atoms with E-state index in [0.717, 1.165) is 11.4 Å². The van der Waals surface area contributed by atoms with Gasteiger partial charge in [0.2, 0.25) is 0 Å². The highest BCUT2D eigenvalue weighted by Gasteiger charge is 2.22. The van der Waals surface area contributed by atoms with Crippen molar-refractivity contribution in [3.8, 4) is 0 Å². The van der Waals surface area contributed by atoms with Crippen LogP contribution < -0.4 is 5.73 Å². The molecule has 0 bridgehead atoms. The highest BCUT2D eigenvalue weighted by atomic mass is 32.2. The third-order valence-corrected chi connectivity index (χ3v) is 6.93. The number of aryl methyl sites for hydroxylation is 1. The summed E-state index contributed by atoms with van der Waals surface area (Å²) in [6.45, 7) is 2.03. The Morgan fingerprint density at radius 1 is 1.44 bits per heavy atom. The zero-order chi connectivity index (χ0) is 12.5. The molecule has 5 heteroatoms. The molecule has 94 valence electrons. The first-order chi connectivity index (χ1) is 8.72. The molecule has 1 unspecified atom stereocenters.